The molecule has 0 aromatic heterocycles. The van der Waals surface area contributed by atoms with Gasteiger partial charge in [-0.15, -0.1) is 0 Å². The second-order valence-corrected chi connectivity index (χ2v) is 6.09. The minimum absolute atomic E-state index is 0.0941. The van der Waals surface area contributed by atoms with Crippen LogP contribution < -0.4 is 10.6 Å². The average molecular weight is 316 g/mol. The molecule has 0 spiro atoms. The van der Waals surface area contributed by atoms with E-state index in [0.29, 0.717) is 31.4 Å². The second-order valence-electron chi connectivity index (χ2n) is 6.09. The lowest BCUT2D eigenvalue weighted by Gasteiger charge is -2.20. The second kappa shape index (κ2) is 11.0. The molecule has 1 aliphatic heterocycles. The quantitative estimate of drug-likeness (QED) is 0.453. The highest BCUT2D eigenvalue weighted by molar-refractivity contribution is 5.90. The molecule has 7 heteroatoms. The highest BCUT2D eigenvalue weighted by Crippen LogP contribution is 2.11. The van der Waals surface area contributed by atoms with E-state index < -0.39 is 6.04 Å². The van der Waals surface area contributed by atoms with Gasteiger partial charge in [0, 0.05) is 6.54 Å². The molecule has 0 aromatic rings. The molecule has 2 amide bonds. The zero-order valence-electron chi connectivity index (χ0n) is 13.8. The van der Waals surface area contributed by atoms with Crippen LogP contribution in [0.4, 0.5) is 0 Å². The van der Waals surface area contributed by atoms with Crippen molar-refractivity contribution >= 4 is 18.3 Å². The number of nitrogens with one attached hydrogen (secondary N) is 2. The lowest BCUT2D eigenvalue weighted by Crippen LogP contribution is -2.49. The molecule has 22 heavy (non-hydrogen) atoms. The van der Waals surface area contributed by atoms with Crippen LogP contribution in [0.15, 0.2) is 0 Å². The standard InChI is InChI=1S/C14H26N2O3.CH2O2/c1-9(2)5-6-15-13(17)11(7-10(3)4)16-14(18)12-8-19-12;2-1-3/h9-12H,5-8H2,1-4H3,(H,15,17)(H,16,18);1H,(H,2,3). The number of ether oxygens (including phenoxy) is 1. The maximum atomic E-state index is 12.1. The van der Waals surface area contributed by atoms with Gasteiger partial charge in [0.15, 0.2) is 6.10 Å². The van der Waals surface area contributed by atoms with Crippen molar-refractivity contribution in [2.75, 3.05) is 13.2 Å². The smallest absolute Gasteiger partial charge is 0.290 e. The van der Waals surface area contributed by atoms with Gasteiger partial charge in [-0.05, 0) is 24.7 Å². The fourth-order valence-electron chi connectivity index (χ4n) is 1.77. The highest BCUT2D eigenvalue weighted by atomic mass is 16.6. The van der Waals surface area contributed by atoms with Gasteiger partial charge >= 0.3 is 0 Å². The first-order chi connectivity index (χ1) is 10.3. The molecule has 7 nitrogen and oxygen atoms in total. The van der Waals surface area contributed by atoms with Gasteiger partial charge in [0.1, 0.15) is 6.04 Å². The molecule has 0 radical (unpaired) electrons. The van der Waals surface area contributed by atoms with E-state index in [4.69, 9.17) is 14.6 Å². The Balaban J connectivity index is 0.00000135. The number of carbonyl (C=O) groups is 3. The summed E-state index contributed by atoms with van der Waals surface area (Å²) < 4.78 is 4.92. The molecule has 1 fully saturated rings. The molecule has 0 aliphatic carbocycles. The summed E-state index contributed by atoms with van der Waals surface area (Å²) in [5.74, 6) is 0.632. The SMILES string of the molecule is CC(C)CCNC(=O)C(CC(C)C)NC(=O)C1CO1.O=CO. The van der Waals surface area contributed by atoms with Crippen LogP contribution in [0.1, 0.15) is 40.5 Å². The number of hydrogen-bond donors (Lipinski definition) is 3. The first-order valence-electron chi connectivity index (χ1n) is 7.59. The van der Waals surface area contributed by atoms with Crippen molar-refractivity contribution < 1.29 is 24.2 Å². The van der Waals surface area contributed by atoms with E-state index in [1.165, 1.54) is 0 Å². The molecule has 2 unspecified atom stereocenters. The Morgan fingerprint density at radius 2 is 1.82 bits per heavy atom. The molecule has 3 N–H and O–H groups in total. The maximum Gasteiger partial charge on any atom is 0.290 e. The van der Waals surface area contributed by atoms with Gasteiger partial charge in [-0.3, -0.25) is 14.4 Å². The van der Waals surface area contributed by atoms with Crippen molar-refractivity contribution in [2.24, 2.45) is 11.8 Å². The first kappa shape index (κ1) is 20.4. The van der Waals surface area contributed by atoms with Crippen molar-refractivity contribution in [2.45, 2.75) is 52.7 Å². The van der Waals surface area contributed by atoms with Crippen molar-refractivity contribution in [3.8, 4) is 0 Å². The Morgan fingerprint density at radius 3 is 2.23 bits per heavy atom. The van der Waals surface area contributed by atoms with Gasteiger partial charge in [0.25, 0.3) is 12.4 Å². The van der Waals surface area contributed by atoms with Crippen LogP contribution in [-0.4, -0.2) is 48.7 Å². The summed E-state index contributed by atoms with van der Waals surface area (Å²) in [6.07, 6.45) is 1.24. The Morgan fingerprint density at radius 1 is 1.27 bits per heavy atom. The van der Waals surface area contributed by atoms with Crippen LogP contribution >= 0.6 is 0 Å². The monoisotopic (exact) mass is 316 g/mol. The van der Waals surface area contributed by atoms with Crippen molar-refractivity contribution in [1.29, 1.82) is 0 Å². The van der Waals surface area contributed by atoms with Crippen LogP contribution in [0.25, 0.3) is 0 Å². The van der Waals surface area contributed by atoms with E-state index in [9.17, 15) is 9.59 Å². The highest BCUT2D eigenvalue weighted by Gasteiger charge is 2.34. The van der Waals surface area contributed by atoms with E-state index in [0.717, 1.165) is 6.42 Å². The van der Waals surface area contributed by atoms with E-state index in [2.05, 4.69) is 24.5 Å². The fourth-order valence-corrected chi connectivity index (χ4v) is 1.77. The molecule has 128 valence electrons. The van der Waals surface area contributed by atoms with Crippen molar-refractivity contribution in [1.82, 2.24) is 10.6 Å². The fraction of sp³-hybridized carbons (Fsp3) is 0.800. The number of rotatable bonds is 8. The molecule has 1 rings (SSSR count). The van der Waals surface area contributed by atoms with E-state index in [-0.39, 0.29) is 24.4 Å². The third-order valence-corrected chi connectivity index (χ3v) is 2.99. The van der Waals surface area contributed by atoms with Crippen LogP contribution in [0.2, 0.25) is 0 Å². The normalized spacial score (nSPS) is 17.3. The van der Waals surface area contributed by atoms with Crippen LogP contribution in [0, 0.1) is 11.8 Å². The summed E-state index contributed by atoms with van der Waals surface area (Å²) in [5.41, 5.74) is 0. The van der Waals surface area contributed by atoms with Gasteiger partial charge in [-0.1, -0.05) is 27.7 Å². The lowest BCUT2D eigenvalue weighted by molar-refractivity contribution is -0.130. The number of hydrogen-bond acceptors (Lipinski definition) is 4. The topological polar surface area (TPSA) is 108 Å². The molecule has 0 saturated carbocycles. The third-order valence-electron chi connectivity index (χ3n) is 2.99. The summed E-state index contributed by atoms with van der Waals surface area (Å²) in [6, 6.07) is -0.455. The van der Waals surface area contributed by atoms with Gasteiger partial charge in [-0.25, -0.2) is 0 Å². The van der Waals surface area contributed by atoms with Crippen LogP contribution in [-0.2, 0) is 19.1 Å². The summed E-state index contributed by atoms with van der Waals surface area (Å²) >= 11 is 0. The van der Waals surface area contributed by atoms with Crippen molar-refractivity contribution in [3.05, 3.63) is 0 Å². The minimum atomic E-state index is -0.455. The summed E-state index contributed by atoms with van der Waals surface area (Å²) in [5, 5.41) is 12.6. The Labute approximate surface area is 131 Å². The number of epoxide rings is 1. The molecular weight excluding hydrogens is 288 g/mol. The zero-order valence-corrected chi connectivity index (χ0v) is 13.8. The number of carbonyl (C=O) groups excluding carboxylic acids is 2. The summed E-state index contributed by atoms with van der Waals surface area (Å²) in [6.45, 7) is 9.17. The Hall–Kier alpha value is -1.63. The van der Waals surface area contributed by atoms with E-state index >= 15 is 0 Å². The third kappa shape index (κ3) is 10.1. The Kier molecular flexibility index (Phi) is 10.2. The molecule has 0 aromatic carbocycles. The zero-order chi connectivity index (χ0) is 17.1. The maximum absolute atomic E-state index is 12.1. The van der Waals surface area contributed by atoms with Crippen LogP contribution in [0.5, 0.6) is 0 Å². The van der Waals surface area contributed by atoms with E-state index in [1.807, 2.05) is 13.8 Å². The van der Waals surface area contributed by atoms with Gasteiger partial charge in [0.2, 0.25) is 5.91 Å². The van der Waals surface area contributed by atoms with Gasteiger partial charge in [-0.2, -0.15) is 0 Å². The Bertz CT molecular complexity index is 354. The predicted octanol–water partition coefficient (Wildman–Crippen LogP) is 0.779. The van der Waals surface area contributed by atoms with Crippen LogP contribution in [0.3, 0.4) is 0 Å². The van der Waals surface area contributed by atoms with E-state index in [1.54, 1.807) is 0 Å². The molecule has 1 heterocycles. The minimum Gasteiger partial charge on any atom is -0.483 e. The van der Waals surface area contributed by atoms with Crippen molar-refractivity contribution in [3.63, 3.8) is 0 Å². The molecule has 0 bridgehead atoms. The number of amides is 2. The summed E-state index contributed by atoms with van der Waals surface area (Å²) in [7, 11) is 0. The first-order valence-corrected chi connectivity index (χ1v) is 7.59. The predicted molar refractivity (Wildman–Crippen MR) is 82.3 cm³/mol. The average Bonchev–Trinajstić information content (AvgIpc) is 3.21. The summed E-state index contributed by atoms with van der Waals surface area (Å²) in [4.78, 5) is 32.1. The molecular formula is C15H28N2O5. The largest absolute Gasteiger partial charge is 0.483 e. The number of carboxylic acid groups (broad SMARTS) is 1. The molecule has 1 aliphatic rings. The molecule has 1 saturated heterocycles. The van der Waals surface area contributed by atoms with Gasteiger partial charge < -0.3 is 20.5 Å². The lowest BCUT2D eigenvalue weighted by atomic mass is 10.0. The molecule has 2 atom stereocenters. The van der Waals surface area contributed by atoms with Gasteiger partial charge in [0.05, 0.1) is 6.61 Å².